The number of benzene rings is 1. The van der Waals surface area contributed by atoms with E-state index in [4.69, 9.17) is 0 Å². The molecule has 2 atom stereocenters. The van der Waals surface area contributed by atoms with Crippen molar-refractivity contribution >= 4 is 21.9 Å². The van der Waals surface area contributed by atoms with Crippen molar-refractivity contribution < 1.29 is 26.4 Å². The molecule has 2 fully saturated rings. The molecule has 4 aromatic rings. The van der Waals surface area contributed by atoms with E-state index in [1.807, 2.05) is 12.1 Å². The van der Waals surface area contributed by atoms with Crippen LogP contribution in [0.5, 0.6) is 0 Å². The maximum Gasteiger partial charge on any atom is 0.348 e. The van der Waals surface area contributed by atoms with Gasteiger partial charge in [-0.1, -0.05) is 18.6 Å². The highest BCUT2D eigenvalue weighted by Gasteiger charge is 2.51. The van der Waals surface area contributed by atoms with Crippen LogP contribution in [0.25, 0.3) is 11.8 Å². The van der Waals surface area contributed by atoms with Crippen LogP contribution in [0.4, 0.5) is 13.2 Å². The monoisotopic (exact) mass is 637 g/mol. The number of rotatable bonds is 9. The Bertz CT molecular complexity index is 1900. The Morgan fingerprint density at radius 2 is 1.84 bits per heavy atom. The van der Waals surface area contributed by atoms with Gasteiger partial charge in [0.25, 0.3) is 10.0 Å². The van der Waals surface area contributed by atoms with Crippen LogP contribution in [0.2, 0.25) is 0 Å². The number of ketones is 1. The van der Waals surface area contributed by atoms with Gasteiger partial charge in [-0.15, -0.1) is 9.90 Å². The van der Waals surface area contributed by atoms with Crippen molar-refractivity contribution in [2.75, 3.05) is 6.54 Å². The van der Waals surface area contributed by atoms with Crippen LogP contribution in [-0.4, -0.2) is 60.9 Å². The lowest BCUT2D eigenvalue weighted by Gasteiger charge is -2.46. The summed E-state index contributed by atoms with van der Waals surface area (Å²) in [6.07, 6.45) is 9.61. The Morgan fingerprint density at radius 1 is 1.07 bits per heavy atom. The number of allylic oxidation sites excluding steroid dienone is 1. The quantitative estimate of drug-likeness (QED) is 0.228. The largest absolute Gasteiger partial charge is 0.348 e. The molecule has 0 bridgehead atoms. The number of halogens is 3. The van der Waals surface area contributed by atoms with Crippen LogP contribution in [0.1, 0.15) is 78.8 Å². The van der Waals surface area contributed by atoms with E-state index in [1.165, 1.54) is 16.4 Å². The Labute approximate surface area is 257 Å². The van der Waals surface area contributed by atoms with Crippen LogP contribution in [0, 0.1) is 11.2 Å². The number of fused-ring (bicyclic) bond motifs is 2. The van der Waals surface area contributed by atoms with Crippen LogP contribution in [0.15, 0.2) is 65.6 Å². The molecule has 3 aromatic heterocycles. The SMILES string of the molecule is CCN([C@H]1CCC2=Cc3c(cnn3-c3ccc(F)cc3)C[C@]2(C(=O)c2ccc(C3CC3)cn2)C1)S(=O)(=O)c1cnn(C(F)F)n1. The van der Waals surface area contributed by atoms with Gasteiger partial charge in [-0.25, -0.2) is 17.5 Å². The molecular formula is C31H30F3N7O3S. The lowest BCUT2D eigenvalue weighted by Crippen LogP contribution is -2.50. The number of nitrogens with zero attached hydrogens (tertiary/aromatic N) is 7. The molecule has 3 heterocycles. The van der Waals surface area contributed by atoms with Gasteiger partial charge < -0.3 is 0 Å². The Hall–Kier alpha value is -4.17. The second kappa shape index (κ2) is 11.0. The summed E-state index contributed by atoms with van der Waals surface area (Å²) in [5.41, 5.74) is 3.34. The standard InChI is InChI=1S/C31H30F3N7O3S/c1-2-39(45(43,44)28-18-37-41(38-28)30(33)34)25-9-6-22-13-27-21(17-36-40(27)24-10-7-23(32)8-11-24)14-31(22,15-25)29(42)26-12-5-20(16-35-26)19-3-4-19/h5,7-8,10-13,16-19,25,30H,2-4,6,9,14-15H2,1H3/t25-,31-/m0/s1. The molecule has 14 heteroatoms. The zero-order valence-corrected chi connectivity index (χ0v) is 25.2. The van der Waals surface area contributed by atoms with Gasteiger partial charge in [-0.3, -0.25) is 9.78 Å². The fourth-order valence-corrected chi connectivity index (χ4v) is 8.30. The summed E-state index contributed by atoms with van der Waals surface area (Å²) in [7, 11) is -4.31. The number of Topliss-reactive ketones (excluding diaryl/α,β-unsaturated/α-hetero) is 1. The Kier molecular flexibility index (Phi) is 7.23. The van der Waals surface area contributed by atoms with Gasteiger partial charge in [0.05, 0.1) is 29.2 Å². The molecule has 3 aliphatic rings. The van der Waals surface area contributed by atoms with E-state index in [1.54, 1.807) is 42.2 Å². The average molecular weight is 638 g/mol. The van der Waals surface area contributed by atoms with Crippen molar-refractivity contribution in [3.63, 3.8) is 0 Å². The molecule has 2 saturated carbocycles. The van der Waals surface area contributed by atoms with Crippen LogP contribution in [-0.2, 0) is 16.4 Å². The van der Waals surface area contributed by atoms with E-state index < -0.39 is 33.1 Å². The maximum absolute atomic E-state index is 14.6. The molecule has 0 saturated heterocycles. The summed E-state index contributed by atoms with van der Waals surface area (Å²) in [6.45, 7) is -1.38. The predicted octanol–water partition coefficient (Wildman–Crippen LogP) is 5.34. The van der Waals surface area contributed by atoms with E-state index in [9.17, 15) is 26.4 Å². The number of aromatic nitrogens is 6. The third-order valence-corrected chi connectivity index (χ3v) is 11.1. The molecule has 0 radical (unpaired) electrons. The number of hydrogen-bond acceptors (Lipinski definition) is 7. The second-order valence-corrected chi connectivity index (χ2v) is 13.7. The fraction of sp³-hybridized carbons (Fsp3) is 0.387. The van der Waals surface area contributed by atoms with E-state index >= 15 is 0 Å². The van der Waals surface area contributed by atoms with Crippen molar-refractivity contribution in [3.05, 3.63) is 88.9 Å². The molecule has 0 amide bonds. The Balaban J connectivity index is 1.28. The van der Waals surface area contributed by atoms with E-state index in [0.717, 1.165) is 41.4 Å². The van der Waals surface area contributed by atoms with Crippen LogP contribution >= 0.6 is 0 Å². The highest BCUT2D eigenvalue weighted by Crippen LogP contribution is 2.51. The first-order valence-electron chi connectivity index (χ1n) is 14.9. The number of carbonyl (C=O) groups is 1. The summed E-state index contributed by atoms with van der Waals surface area (Å²) < 4.78 is 70.3. The highest BCUT2D eigenvalue weighted by atomic mass is 32.2. The third kappa shape index (κ3) is 5.09. The molecule has 10 nitrogen and oxygen atoms in total. The average Bonchev–Trinajstić information content (AvgIpc) is 3.60. The van der Waals surface area contributed by atoms with Gasteiger partial charge in [0, 0.05) is 18.8 Å². The van der Waals surface area contributed by atoms with E-state index in [2.05, 4.69) is 20.3 Å². The van der Waals surface area contributed by atoms with Crippen molar-refractivity contribution in [3.8, 4) is 5.69 Å². The normalized spacial score (nSPS) is 21.5. The number of pyridine rings is 1. The van der Waals surface area contributed by atoms with Crippen molar-refractivity contribution in [2.45, 2.75) is 69.0 Å². The third-order valence-electron chi connectivity index (χ3n) is 9.16. The first-order chi connectivity index (χ1) is 21.6. The molecule has 7 rings (SSSR count). The minimum Gasteiger partial charge on any atom is -0.291 e. The van der Waals surface area contributed by atoms with Gasteiger partial charge >= 0.3 is 6.55 Å². The van der Waals surface area contributed by atoms with Crippen molar-refractivity contribution in [1.82, 2.24) is 34.1 Å². The summed E-state index contributed by atoms with van der Waals surface area (Å²) in [6, 6.07) is 9.03. The summed E-state index contributed by atoms with van der Waals surface area (Å²) in [5, 5.41) is 10.9. The molecule has 0 N–H and O–H groups in total. The predicted molar refractivity (Wildman–Crippen MR) is 157 cm³/mol. The molecule has 45 heavy (non-hydrogen) atoms. The first-order valence-corrected chi connectivity index (χ1v) is 16.3. The fourth-order valence-electron chi connectivity index (χ4n) is 6.78. The number of carbonyl (C=O) groups excluding carboxylic acids is 1. The van der Waals surface area contributed by atoms with Crippen molar-refractivity contribution in [1.29, 1.82) is 0 Å². The Morgan fingerprint density at radius 3 is 2.49 bits per heavy atom. The lowest BCUT2D eigenvalue weighted by atomic mass is 9.60. The second-order valence-electron chi connectivity index (χ2n) is 11.8. The highest BCUT2D eigenvalue weighted by molar-refractivity contribution is 7.89. The number of alkyl halides is 2. The zero-order valence-electron chi connectivity index (χ0n) is 24.4. The number of sulfonamides is 1. The zero-order chi connectivity index (χ0) is 31.5. The molecular weight excluding hydrogens is 607 g/mol. The van der Waals surface area contributed by atoms with Gasteiger partial charge in [0.1, 0.15) is 11.5 Å². The summed E-state index contributed by atoms with van der Waals surface area (Å²) in [5.74, 6) is -0.109. The molecule has 3 aliphatic carbocycles. The number of hydrogen-bond donors (Lipinski definition) is 0. The van der Waals surface area contributed by atoms with Gasteiger partial charge in [-0.2, -0.15) is 23.3 Å². The minimum atomic E-state index is -4.31. The van der Waals surface area contributed by atoms with Crippen LogP contribution < -0.4 is 0 Å². The smallest absolute Gasteiger partial charge is 0.291 e. The van der Waals surface area contributed by atoms with Crippen molar-refractivity contribution in [2.24, 2.45) is 5.41 Å². The molecule has 0 unspecified atom stereocenters. The van der Waals surface area contributed by atoms with E-state index in [0.29, 0.717) is 30.1 Å². The molecule has 0 spiro atoms. The topological polar surface area (TPSA) is 116 Å². The molecule has 234 valence electrons. The molecule has 0 aliphatic heterocycles. The summed E-state index contributed by atoms with van der Waals surface area (Å²) in [4.78, 5) is 19.2. The van der Waals surface area contributed by atoms with Gasteiger partial charge in [0.15, 0.2) is 5.78 Å². The maximum atomic E-state index is 14.6. The van der Waals surface area contributed by atoms with Gasteiger partial charge in [-0.05, 0) is 92.0 Å². The summed E-state index contributed by atoms with van der Waals surface area (Å²) >= 11 is 0. The van der Waals surface area contributed by atoms with Gasteiger partial charge in [0.2, 0.25) is 5.03 Å². The lowest BCUT2D eigenvalue weighted by molar-refractivity contribution is 0.0402. The minimum absolute atomic E-state index is 0.0416. The first kappa shape index (κ1) is 29.5. The van der Waals surface area contributed by atoms with Crippen LogP contribution in [0.3, 0.4) is 0 Å². The van der Waals surface area contributed by atoms with E-state index in [-0.39, 0.29) is 35.8 Å². The molecule has 1 aromatic carbocycles.